The lowest BCUT2D eigenvalue weighted by molar-refractivity contribution is -0.117. The number of ketones is 2. The molecule has 0 aromatic heterocycles. The van der Waals surface area contributed by atoms with Crippen LogP contribution in [-0.4, -0.2) is 33.1 Å². The molecule has 4 nitrogen and oxygen atoms in total. The van der Waals surface area contributed by atoms with Crippen molar-refractivity contribution in [1.29, 1.82) is 0 Å². The lowest BCUT2D eigenvalue weighted by Gasteiger charge is -2.12. The maximum Gasteiger partial charge on any atom is 0.442 e. The third kappa shape index (κ3) is 7.94. The smallest absolute Gasteiger partial charge is 0.326 e. The Hall–Kier alpha value is -1.79. The molecular weight excluding hydrogens is 738 g/mol. The summed E-state index contributed by atoms with van der Waals surface area (Å²) in [6, 6.07) is 8.71. The van der Waals surface area contributed by atoms with Gasteiger partial charge in [0.2, 0.25) is 5.91 Å². The number of rotatable bonds is 10. The van der Waals surface area contributed by atoms with Gasteiger partial charge in [-0.25, -0.2) is 8.78 Å². The highest BCUT2D eigenvalue weighted by Gasteiger charge is 2.67. The van der Waals surface area contributed by atoms with Crippen molar-refractivity contribution < 1.29 is 36.3 Å². The Bertz CT molecular complexity index is 1650. The van der Waals surface area contributed by atoms with Gasteiger partial charge < -0.3 is 5.32 Å². The van der Waals surface area contributed by atoms with Crippen LogP contribution in [-0.2, 0) is 22.4 Å². The number of anilines is 1. The molecule has 1 amide bonds. The Morgan fingerprint density at radius 1 is 0.886 bits per heavy atom. The number of carbonyl (C=O) groups is 3. The van der Waals surface area contributed by atoms with Crippen LogP contribution in [0.2, 0.25) is 20.1 Å². The highest BCUT2D eigenvalue weighted by atomic mass is 35.5. The molecule has 0 bridgehead atoms. The largest absolute Gasteiger partial charge is 0.442 e. The summed E-state index contributed by atoms with van der Waals surface area (Å²) in [6.07, 6.45) is -1.58. The summed E-state index contributed by atoms with van der Waals surface area (Å²) in [5.74, 6) is -7.46. The van der Waals surface area contributed by atoms with Gasteiger partial charge >= 0.3 is 5.51 Å². The van der Waals surface area contributed by atoms with Gasteiger partial charge in [0.25, 0.3) is 0 Å². The normalized spacial score (nSPS) is 17.3. The number of nitrogens with one attached hydrogen (secondary N) is 1. The van der Waals surface area contributed by atoms with Crippen molar-refractivity contribution >= 4 is 105 Å². The van der Waals surface area contributed by atoms with Gasteiger partial charge in [0.05, 0.1) is 31.8 Å². The third-order valence-corrected chi connectivity index (χ3v) is 9.88. The standard InChI is InChI=1S/C28H16Cl6F5NO3S/c29-17-3-2-13(40-26(43)23-22(27(23,33)34)12-5-18(30)24(32)19(31)6-12)8-15(17)21(42)7-11-1-4-20(35)16(25(11)36)9-14(41)10-44-28(37,38)39/h1-6,8,22-23H,7,9-10H2,(H,40,43)/t22-,23+/m0/s1. The first-order valence-corrected chi connectivity index (χ1v) is 15.5. The highest BCUT2D eigenvalue weighted by molar-refractivity contribution is 8.00. The van der Waals surface area contributed by atoms with Crippen molar-refractivity contribution in [1.82, 2.24) is 0 Å². The summed E-state index contributed by atoms with van der Waals surface area (Å²) < 4.78 is 65.0. The molecule has 4 rings (SSSR count). The van der Waals surface area contributed by atoms with Crippen LogP contribution >= 0.6 is 81.4 Å². The molecule has 0 heterocycles. The summed E-state index contributed by atoms with van der Waals surface area (Å²) in [4.78, 5) is 38.1. The third-order valence-electron chi connectivity index (χ3n) is 6.62. The van der Waals surface area contributed by atoms with E-state index in [0.717, 1.165) is 12.1 Å². The van der Waals surface area contributed by atoms with Gasteiger partial charge in [-0.3, -0.25) is 14.4 Å². The number of thioether (sulfide) groups is 1. The first kappa shape index (κ1) is 35.1. The minimum atomic E-state index is -4.69. The minimum Gasteiger partial charge on any atom is -0.326 e. The molecule has 234 valence electrons. The zero-order chi connectivity index (χ0) is 32.7. The molecule has 1 aliphatic rings. The van der Waals surface area contributed by atoms with Gasteiger partial charge in [0.15, 0.2) is 5.78 Å². The topological polar surface area (TPSA) is 63.2 Å². The van der Waals surface area contributed by atoms with Crippen LogP contribution in [0.5, 0.6) is 0 Å². The Morgan fingerprint density at radius 2 is 1.52 bits per heavy atom. The summed E-state index contributed by atoms with van der Waals surface area (Å²) in [7, 11) is 0. The van der Waals surface area contributed by atoms with E-state index in [9.17, 15) is 31.9 Å². The SMILES string of the molecule is O=C(CSC(F)(F)F)Cc1c(F)ccc(CC(=O)c2cc(NC(=O)[C@H]3[C@H](c4cc(Cl)c(Cl)c(Cl)c4)C3(Cl)Cl)ccc2Cl)c1F. The monoisotopic (exact) mass is 751 g/mol. The molecule has 2 atom stereocenters. The lowest BCUT2D eigenvalue weighted by Crippen LogP contribution is -2.18. The zero-order valence-corrected chi connectivity index (χ0v) is 27.0. The van der Waals surface area contributed by atoms with Crippen molar-refractivity contribution in [2.45, 2.75) is 28.6 Å². The summed E-state index contributed by atoms with van der Waals surface area (Å²) in [6.45, 7) is 0. The molecule has 16 heteroatoms. The molecule has 0 unspecified atom stereocenters. The molecule has 0 saturated heterocycles. The van der Waals surface area contributed by atoms with E-state index in [2.05, 4.69) is 5.32 Å². The van der Waals surface area contributed by atoms with E-state index < -0.39 is 86.7 Å². The Kier molecular flexibility index (Phi) is 10.8. The van der Waals surface area contributed by atoms with Crippen LogP contribution < -0.4 is 5.32 Å². The van der Waals surface area contributed by atoms with Gasteiger partial charge in [-0.2, -0.15) is 13.2 Å². The van der Waals surface area contributed by atoms with Crippen LogP contribution in [0.4, 0.5) is 27.6 Å². The fourth-order valence-corrected chi connectivity index (χ4v) is 6.57. The predicted molar refractivity (Wildman–Crippen MR) is 164 cm³/mol. The number of carbonyl (C=O) groups excluding carboxylic acids is 3. The number of hydrogen-bond acceptors (Lipinski definition) is 4. The molecule has 0 spiro atoms. The number of alkyl halides is 5. The van der Waals surface area contributed by atoms with Gasteiger partial charge in [-0.05, 0) is 59.3 Å². The molecule has 1 fully saturated rings. The molecule has 0 aliphatic heterocycles. The fraction of sp³-hybridized carbons (Fsp3) is 0.250. The summed E-state index contributed by atoms with van der Waals surface area (Å²) >= 11 is 36.5. The average Bonchev–Trinajstić information content (AvgIpc) is 3.52. The van der Waals surface area contributed by atoms with Crippen molar-refractivity contribution in [2.75, 3.05) is 11.1 Å². The second kappa shape index (κ2) is 13.5. The van der Waals surface area contributed by atoms with Crippen LogP contribution in [0.1, 0.15) is 33.0 Å². The number of hydrogen-bond donors (Lipinski definition) is 1. The van der Waals surface area contributed by atoms with Crippen LogP contribution in [0.3, 0.4) is 0 Å². The second-order valence-electron chi connectivity index (χ2n) is 9.66. The van der Waals surface area contributed by atoms with E-state index in [1.54, 1.807) is 0 Å². The van der Waals surface area contributed by atoms with Gasteiger partial charge in [-0.15, -0.1) is 23.2 Å². The Morgan fingerprint density at radius 3 is 2.14 bits per heavy atom. The molecule has 1 N–H and O–H groups in total. The van der Waals surface area contributed by atoms with Crippen molar-refractivity contribution in [3.63, 3.8) is 0 Å². The fourth-order valence-electron chi connectivity index (χ4n) is 4.48. The van der Waals surface area contributed by atoms with E-state index in [4.69, 9.17) is 69.6 Å². The number of halogens is 11. The van der Waals surface area contributed by atoms with Crippen molar-refractivity contribution in [3.05, 3.63) is 96.4 Å². The maximum absolute atomic E-state index is 15.1. The molecule has 1 saturated carbocycles. The van der Waals surface area contributed by atoms with Gasteiger partial charge in [0.1, 0.15) is 21.8 Å². The molecule has 44 heavy (non-hydrogen) atoms. The molecule has 3 aromatic carbocycles. The van der Waals surface area contributed by atoms with E-state index in [0.29, 0.717) is 5.56 Å². The summed E-state index contributed by atoms with van der Waals surface area (Å²) in [5.41, 5.74) is -5.29. The average molecular weight is 754 g/mol. The number of amides is 1. The quantitative estimate of drug-likeness (QED) is 0.0970. The minimum absolute atomic E-state index is 0.0473. The predicted octanol–water partition coefficient (Wildman–Crippen LogP) is 9.89. The van der Waals surface area contributed by atoms with E-state index in [1.165, 1.54) is 30.3 Å². The maximum atomic E-state index is 15.1. The van der Waals surface area contributed by atoms with Crippen molar-refractivity contribution in [2.24, 2.45) is 5.92 Å². The highest BCUT2D eigenvalue weighted by Crippen LogP contribution is 2.65. The number of Topliss-reactive ketones (excluding diaryl/α,β-unsaturated/α-hetero) is 2. The van der Waals surface area contributed by atoms with E-state index in [1.807, 2.05) is 0 Å². The Balaban J connectivity index is 1.49. The first-order chi connectivity index (χ1) is 20.4. The van der Waals surface area contributed by atoms with Crippen LogP contribution in [0.25, 0.3) is 0 Å². The number of benzene rings is 3. The molecular formula is C28H16Cl6F5NO3S. The van der Waals surface area contributed by atoms with Crippen LogP contribution in [0.15, 0.2) is 42.5 Å². The zero-order valence-electron chi connectivity index (χ0n) is 21.6. The summed E-state index contributed by atoms with van der Waals surface area (Å²) in [5, 5.41) is 2.96. The molecule has 1 aliphatic carbocycles. The second-order valence-corrected chi connectivity index (χ2v) is 13.7. The van der Waals surface area contributed by atoms with Gasteiger partial charge in [0, 0.05) is 35.6 Å². The first-order valence-electron chi connectivity index (χ1n) is 12.2. The van der Waals surface area contributed by atoms with Crippen molar-refractivity contribution in [3.8, 4) is 0 Å². The lowest BCUT2D eigenvalue weighted by atomic mass is 9.98. The Labute approximate surface area is 281 Å². The van der Waals surface area contributed by atoms with E-state index >= 15 is 4.39 Å². The molecule has 0 radical (unpaired) electrons. The van der Waals surface area contributed by atoms with Gasteiger partial charge in [-0.1, -0.05) is 52.5 Å². The van der Waals surface area contributed by atoms with E-state index in [-0.39, 0.29) is 36.9 Å². The molecule has 3 aromatic rings. The van der Waals surface area contributed by atoms with Crippen LogP contribution in [0, 0.1) is 17.6 Å².